The number of aromatic nitrogens is 5. The van der Waals surface area contributed by atoms with Gasteiger partial charge in [0.15, 0.2) is 11.5 Å². The standard InChI is InChI=1S/C20H19ClN6O/c1-13-17(14(2)27(25-13)16-8-6-15(21)7-9-16)11-20(28)22-12-19-24-23-18-5-3-4-10-26(18)19/h3-10H,11-12H2,1-2H3,(H,22,28). The lowest BCUT2D eigenvalue weighted by molar-refractivity contribution is -0.120. The van der Waals surface area contributed by atoms with Crippen molar-refractivity contribution in [2.24, 2.45) is 0 Å². The third-order valence-corrected chi connectivity index (χ3v) is 4.93. The summed E-state index contributed by atoms with van der Waals surface area (Å²) in [6.07, 6.45) is 2.13. The molecule has 0 fully saturated rings. The second kappa shape index (κ2) is 7.44. The molecule has 0 aliphatic rings. The number of rotatable bonds is 5. The first kappa shape index (κ1) is 18.2. The van der Waals surface area contributed by atoms with Crippen LogP contribution in [0.4, 0.5) is 0 Å². The van der Waals surface area contributed by atoms with Gasteiger partial charge < -0.3 is 5.32 Å². The first-order valence-corrected chi connectivity index (χ1v) is 9.27. The number of hydrogen-bond donors (Lipinski definition) is 1. The van der Waals surface area contributed by atoms with Crippen molar-refractivity contribution in [2.45, 2.75) is 26.8 Å². The Hall–Kier alpha value is -3.19. The van der Waals surface area contributed by atoms with E-state index >= 15 is 0 Å². The van der Waals surface area contributed by atoms with Gasteiger partial charge in [0.1, 0.15) is 0 Å². The van der Waals surface area contributed by atoms with Crippen molar-refractivity contribution in [1.29, 1.82) is 0 Å². The summed E-state index contributed by atoms with van der Waals surface area (Å²) in [4.78, 5) is 12.5. The largest absolute Gasteiger partial charge is 0.348 e. The van der Waals surface area contributed by atoms with Gasteiger partial charge in [0.05, 0.1) is 24.3 Å². The number of nitrogens with zero attached hydrogens (tertiary/aromatic N) is 5. The number of carbonyl (C=O) groups is 1. The molecule has 4 aromatic rings. The molecule has 142 valence electrons. The molecule has 1 amide bonds. The first-order valence-electron chi connectivity index (χ1n) is 8.89. The molecule has 0 saturated heterocycles. The van der Waals surface area contributed by atoms with Gasteiger partial charge in [0, 0.05) is 22.5 Å². The summed E-state index contributed by atoms with van der Waals surface area (Å²) < 4.78 is 3.69. The molecule has 7 nitrogen and oxygen atoms in total. The van der Waals surface area contributed by atoms with Crippen molar-refractivity contribution >= 4 is 23.2 Å². The third kappa shape index (κ3) is 3.48. The first-order chi connectivity index (χ1) is 13.5. The van der Waals surface area contributed by atoms with Crippen molar-refractivity contribution in [1.82, 2.24) is 29.7 Å². The van der Waals surface area contributed by atoms with Crippen LogP contribution in [0.5, 0.6) is 0 Å². The molecule has 0 saturated carbocycles. The number of aryl methyl sites for hydroxylation is 1. The molecule has 0 aliphatic carbocycles. The SMILES string of the molecule is Cc1nn(-c2ccc(Cl)cc2)c(C)c1CC(=O)NCc1nnc2ccccn12. The van der Waals surface area contributed by atoms with E-state index in [2.05, 4.69) is 20.6 Å². The average Bonchev–Trinajstić information content (AvgIpc) is 3.23. The van der Waals surface area contributed by atoms with E-state index in [1.165, 1.54) is 0 Å². The van der Waals surface area contributed by atoms with Gasteiger partial charge in [-0.25, -0.2) is 4.68 Å². The van der Waals surface area contributed by atoms with Crippen LogP contribution < -0.4 is 5.32 Å². The molecule has 4 rings (SSSR count). The quantitative estimate of drug-likeness (QED) is 0.564. The Morgan fingerprint density at radius 1 is 1.11 bits per heavy atom. The zero-order chi connectivity index (χ0) is 19.7. The van der Waals surface area contributed by atoms with Crippen LogP contribution in [0.3, 0.4) is 0 Å². The lowest BCUT2D eigenvalue weighted by Crippen LogP contribution is -2.26. The Kier molecular flexibility index (Phi) is 4.83. The molecule has 0 unspecified atom stereocenters. The van der Waals surface area contributed by atoms with Crippen molar-refractivity contribution < 1.29 is 4.79 Å². The summed E-state index contributed by atoms with van der Waals surface area (Å²) >= 11 is 5.96. The zero-order valence-corrected chi connectivity index (χ0v) is 16.3. The second-order valence-corrected chi connectivity index (χ2v) is 6.97. The van der Waals surface area contributed by atoms with Gasteiger partial charge >= 0.3 is 0 Å². The molecular weight excluding hydrogens is 376 g/mol. The fourth-order valence-corrected chi connectivity index (χ4v) is 3.30. The highest BCUT2D eigenvalue weighted by Crippen LogP contribution is 2.20. The summed E-state index contributed by atoms with van der Waals surface area (Å²) in [5, 5.41) is 16.4. The fourth-order valence-electron chi connectivity index (χ4n) is 3.18. The smallest absolute Gasteiger partial charge is 0.224 e. The summed E-state index contributed by atoms with van der Waals surface area (Å²) in [5.41, 5.74) is 4.34. The molecule has 3 heterocycles. The Labute approximate surface area is 167 Å². The molecule has 0 atom stereocenters. The monoisotopic (exact) mass is 394 g/mol. The van der Waals surface area contributed by atoms with E-state index in [4.69, 9.17) is 11.6 Å². The van der Waals surface area contributed by atoms with Gasteiger partial charge in [0.25, 0.3) is 0 Å². The summed E-state index contributed by atoms with van der Waals surface area (Å²) in [5.74, 6) is 0.601. The molecule has 1 aromatic carbocycles. The number of hydrogen-bond acceptors (Lipinski definition) is 4. The molecule has 8 heteroatoms. The molecule has 0 aliphatic heterocycles. The maximum absolute atomic E-state index is 12.5. The minimum atomic E-state index is -0.0884. The Morgan fingerprint density at radius 3 is 2.68 bits per heavy atom. The third-order valence-electron chi connectivity index (χ3n) is 4.68. The number of pyridine rings is 1. The predicted molar refractivity (Wildman–Crippen MR) is 107 cm³/mol. The topological polar surface area (TPSA) is 77.1 Å². The average molecular weight is 395 g/mol. The van der Waals surface area contributed by atoms with Crippen molar-refractivity contribution in [3.05, 3.63) is 76.5 Å². The van der Waals surface area contributed by atoms with Crippen LogP contribution in [-0.2, 0) is 17.8 Å². The highest BCUT2D eigenvalue weighted by atomic mass is 35.5. The highest BCUT2D eigenvalue weighted by molar-refractivity contribution is 6.30. The van der Waals surface area contributed by atoms with Gasteiger partial charge in [0.2, 0.25) is 5.91 Å². The molecule has 0 bridgehead atoms. The van der Waals surface area contributed by atoms with E-state index in [0.29, 0.717) is 17.4 Å². The van der Waals surface area contributed by atoms with Crippen LogP contribution in [0.15, 0.2) is 48.7 Å². The Morgan fingerprint density at radius 2 is 1.89 bits per heavy atom. The van der Waals surface area contributed by atoms with Gasteiger partial charge in [-0.15, -0.1) is 10.2 Å². The van der Waals surface area contributed by atoms with E-state index in [-0.39, 0.29) is 12.3 Å². The van der Waals surface area contributed by atoms with Crippen LogP contribution in [0.1, 0.15) is 22.8 Å². The number of nitrogens with one attached hydrogen (secondary N) is 1. The van der Waals surface area contributed by atoms with Crippen LogP contribution in [0.25, 0.3) is 11.3 Å². The minimum absolute atomic E-state index is 0.0884. The van der Waals surface area contributed by atoms with Gasteiger partial charge in [-0.2, -0.15) is 5.10 Å². The van der Waals surface area contributed by atoms with Crippen molar-refractivity contribution in [3.63, 3.8) is 0 Å². The van der Waals surface area contributed by atoms with E-state index in [1.54, 1.807) is 0 Å². The number of halogens is 1. The predicted octanol–water partition coefficient (Wildman–Crippen LogP) is 3.04. The van der Waals surface area contributed by atoms with Crippen molar-refractivity contribution in [2.75, 3.05) is 0 Å². The van der Waals surface area contributed by atoms with Gasteiger partial charge in [-0.1, -0.05) is 17.7 Å². The normalized spacial score (nSPS) is 11.1. The lowest BCUT2D eigenvalue weighted by atomic mass is 10.1. The second-order valence-electron chi connectivity index (χ2n) is 6.54. The van der Waals surface area contributed by atoms with Crippen LogP contribution in [-0.4, -0.2) is 30.3 Å². The van der Waals surface area contributed by atoms with Crippen LogP contribution in [0.2, 0.25) is 5.02 Å². The molecule has 3 aromatic heterocycles. The van der Waals surface area contributed by atoms with Crippen LogP contribution >= 0.6 is 11.6 Å². The maximum atomic E-state index is 12.5. The molecule has 1 N–H and O–H groups in total. The number of carbonyl (C=O) groups excluding carboxylic acids is 1. The van der Waals surface area contributed by atoms with E-state index in [9.17, 15) is 4.79 Å². The van der Waals surface area contributed by atoms with Gasteiger partial charge in [-0.3, -0.25) is 9.20 Å². The van der Waals surface area contributed by atoms with Crippen molar-refractivity contribution in [3.8, 4) is 5.69 Å². The van der Waals surface area contributed by atoms with E-state index in [0.717, 1.165) is 28.3 Å². The Bertz CT molecular complexity index is 1150. The minimum Gasteiger partial charge on any atom is -0.348 e. The molecule has 0 radical (unpaired) electrons. The molecular formula is C20H19ClN6O. The zero-order valence-electron chi connectivity index (χ0n) is 15.6. The van der Waals surface area contributed by atoms with Gasteiger partial charge in [-0.05, 0) is 50.2 Å². The van der Waals surface area contributed by atoms with Crippen LogP contribution in [0, 0.1) is 13.8 Å². The lowest BCUT2D eigenvalue weighted by Gasteiger charge is -2.07. The fraction of sp³-hybridized carbons (Fsp3) is 0.200. The summed E-state index contributed by atoms with van der Waals surface area (Å²) in [6.45, 7) is 4.19. The number of fused-ring (bicyclic) bond motifs is 1. The number of benzene rings is 1. The molecule has 0 spiro atoms. The summed E-state index contributed by atoms with van der Waals surface area (Å²) in [7, 11) is 0. The van der Waals surface area contributed by atoms with E-state index < -0.39 is 0 Å². The highest BCUT2D eigenvalue weighted by Gasteiger charge is 2.16. The Balaban J connectivity index is 1.48. The number of amides is 1. The molecule has 28 heavy (non-hydrogen) atoms. The maximum Gasteiger partial charge on any atom is 0.224 e. The summed E-state index contributed by atoms with van der Waals surface area (Å²) in [6, 6.07) is 13.1. The van der Waals surface area contributed by atoms with E-state index in [1.807, 2.05) is 71.6 Å².